The average molecular weight is 509 g/mol. The third kappa shape index (κ3) is 7.97. The summed E-state index contributed by atoms with van der Waals surface area (Å²) in [5.41, 5.74) is 5.65. The lowest BCUT2D eigenvalue weighted by Crippen LogP contribution is -2.23. The van der Waals surface area contributed by atoms with Gasteiger partial charge in [-0.05, 0) is 70.5 Å². The number of ether oxygens (including phenoxy) is 4. The second-order valence-electron chi connectivity index (χ2n) is 13.6. The normalized spacial score (nSPS) is 19.6. The topological polar surface area (TPSA) is 43.5 Å². The Morgan fingerprint density at radius 2 is 1.46 bits per heavy atom. The van der Waals surface area contributed by atoms with E-state index in [1.54, 1.807) is 0 Å². The standard InChI is InChI=1S/C33H48O4/c1-9-32(5,6)15-14-23-16-25(10-13-30(23)37-22-28-21-36-28)33(7,8)29-12-11-26(34-19-27-20-35-27)17-24(29)18-31(2,3)4/h10-13,16-17,27-28H,9,14-15,18-22H2,1-8H3. The molecule has 2 aliphatic heterocycles. The second-order valence-corrected chi connectivity index (χ2v) is 13.6. The Balaban J connectivity index is 1.65. The Bertz CT molecular complexity index is 1050. The summed E-state index contributed by atoms with van der Waals surface area (Å²) in [5, 5.41) is 0. The van der Waals surface area contributed by atoms with Crippen molar-refractivity contribution >= 4 is 0 Å². The molecule has 2 aromatic carbocycles. The Hall–Kier alpha value is -2.04. The lowest BCUT2D eigenvalue weighted by atomic mass is 9.73. The van der Waals surface area contributed by atoms with Gasteiger partial charge in [0.25, 0.3) is 0 Å². The first-order chi connectivity index (χ1) is 17.4. The molecule has 4 rings (SSSR count). The molecule has 0 radical (unpaired) electrons. The monoisotopic (exact) mass is 508 g/mol. The number of epoxide rings is 2. The molecular formula is C33H48O4. The summed E-state index contributed by atoms with van der Waals surface area (Å²) in [5.74, 6) is 1.94. The van der Waals surface area contributed by atoms with E-state index >= 15 is 0 Å². The van der Waals surface area contributed by atoms with Gasteiger partial charge < -0.3 is 18.9 Å². The molecule has 0 spiro atoms. The van der Waals surface area contributed by atoms with Crippen LogP contribution in [0.2, 0.25) is 0 Å². The van der Waals surface area contributed by atoms with E-state index in [4.69, 9.17) is 18.9 Å². The molecule has 0 saturated carbocycles. The van der Waals surface area contributed by atoms with E-state index in [1.807, 2.05) is 0 Å². The quantitative estimate of drug-likeness (QED) is 0.262. The van der Waals surface area contributed by atoms with Crippen molar-refractivity contribution in [3.8, 4) is 11.5 Å². The van der Waals surface area contributed by atoms with Crippen LogP contribution in [0.15, 0.2) is 36.4 Å². The molecule has 0 aromatic heterocycles. The van der Waals surface area contributed by atoms with Crippen molar-refractivity contribution in [2.75, 3.05) is 26.4 Å². The van der Waals surface area contributed by atoms with Crippen LogP contribution in [-0.2, 0) is 27.7 Å². The first-order valence-corrected chi connectivity index (χ1v) is 14.1. The highest BCUT2D eigenvalue weighted by Gasteiger charge is 2.30. The summed E-state index contributed by atoms with van der Waals surface area (Å²) in [7, 11) is 0. The number of hydrogen-bond donors (Lipinski definition) is 0. The number of aryl methyl sites for hydroxylation is 1. The van der Waals surface area contributed by atoms with Gasteiger partial charge in [0.2, 0.25) is 0 Å². The molecule has 204 valence electrons. The van der Waals surface area contributed by atoms with Gasteiger partial charge in [-0.15, -0.1) is 0 Å². The third-order valence-electron chi connectivity index (χ3n) is 7.95. The largest absolute Gasteiger partial charge is 0.491 e. The minimum absolute atomic E-state index is 0.161. The van der Waals surface area contributed by atoms with Crippen LogP contribution >= 0.6 is 0 Å². The smallest absolute Gasteiger partial charge is 0.122 e. The molecule has 2 saturated heterocycles. The van der Waals surface area contributed by atoms with E-state index in [2.05, 4.69) is 91.8 Å². The highest BCUT2D eigenvalue weighted by Crippen LogP contribution is 2.40. The highest BCUT2D eigenvalue weighted by atomic mass is 16.6. The van der Waals surface area contributed by atoms with Crippen molar-refractivity contribution in [1.82, 2.24) is 0 Å². The summed E-state index contributed by atoms with van der Waals surface area (Å²) >= 11 is 0. The maximum Gasteiger partial charge on any atom is 0.122 e. The summed E-state index contributed by atoms with van der Waals surface area (Å²) in [6.07, 6.45) is 4.81. The van der Waals surface area contributed by atoms with Gasteiger partial charge in [0, 0.05) is 5.41 Å². The average Bonchev–Trinajstić information content (AvgIpc) is 3.74. The molecule has 0 aliphatic carbocycles. The SMILES string of the molecule is CCC(C)(C)CCc1cc(C(C)(C)c2ccc(OCC3CO3)cc2CC(C)(C)C)ccc1OCC1CO1. The van der Waals surface area contributed by atoms with Gasteiger partial charge in [-0.25, -0.2) is 0 Å². The fourth-order valence-corrected chi connectivity index (χ4v) is 4.80. The molecule has 0 N–H and O–H groups in total. The van der Waals surface area contributed by atoms with Gasteiger partial charge in [0.1, 0.15) is 36.9 Å². The van der Waals surface area contributed by atoms with Gasteiger partial charge in [-0.2, -0.15) is 0 Å². The Morgan fingerprint density at radius 1 is 0.811 bits per heavy atom. The predicted molar refractivity (Wildman–Crippen MR) is 151 cm³/mol. The number of rotatable bonds is 13. The molecule has 2 heterocycles. The van der Waals surface area contributed by atoms with Crippen molar-refractivity contribution in [2.45, 2.75) is 98.7 Å². The van der Waals surface area contributed by atoms with Crippen LogP contribution in [0.25, 0.3) is 0 Å². The molecule has 2 aliphatic rings. The molecule has 2 aromatic rings. The van der Waals surface area contributed by atoms with E-state index in [9.17, 15) is 0 Å². The van der Waals surface area contributed by atoms with Crippen molar-refractivity contribution in [3.05, 3.63) is 58.7 Å². The zero-order valence-corrected chi connectivity index (χ0v) is 24.4. The maximum atomic E-state index is 6.24. The van der Waals surface area contributed by atoms with E-state index in [0.29, 0.717) is 18.6 Å². The summed E-state index contributed by atoms with van der Waals surface area (Å²) in [6, 6.07) is 13.5. The summed E-state index contributed by atoms with van der Waals surface area (Å²) < 4.78 is 23.0. The van der Waals surface area contributed by atoms with Crippen LogP contribution < -0.4 is 9.47 Å². The second kappa shape index (κ2) is 11.0. The van der Waals surface area contributed by atoms with Crippen LogP contribution in [0.5, 0.6) is 11.5 Å². The Kier molecular flexibility index (Phi) is 8.30. The van der Waals surface area contributed by atoms with Gasteiger partial charge in [-0.3, -0.25) is 0 Å². The first kappa shape index (κ1) is 28.0. The Morgan fingerprint density at radius 3 is 2.05 bits per heavy atom. The van der Waals surface area contributed by atoms with E-state index in [-0.39, 0.29) is 23.0 Å². The van der Waals surface area contributed by atoms with Crippen molar-refractivity contribution in [2.24, 2.45) is 10.8 Å². The minimum Gasteiger partial charge on any atom is -0.491 e. The summed E-state index contributed by atoms with van der Waals surface area (Å²) in [6.45, 7) is 21.5. The maximum absolute atomic E-state index is 6.24. The van der Waals surface area contributed by atoms with Crippen LogP contribution in [0.4, 0.5) is 0 Å². The fraction of sp³-hybridized carbons (Fsp3) is 0.636. The molecular weight excluding hydrogens is 460 g/mol. The molecule has 4 nitrogen and oxygen atoms in total. The molecule has 0 bridgehead atoms. The molecule has 37 heavy (non-hydrogen) atoms. The predicted octanol–water partition coefficient (Wildman–Crippen LogP) is 7.53. The molecule has 0 amide bonds. The zero-order chi connectivity index (χ0) is 26.8. The van der Waals surface area contributed by atoms with E-state index in [0.717, 1.165) is 44.0 Å². The fourth-order valence-electron chi connectivity index (χ4n) is 4.80. The molecule has 2 unspecified atom stereocenters. The van der Waals surface area contributed by atoms with Crippen LogP contribution in [0.3, 0.4) is 0 Å². The van der Waals surface area contributed by atoms with Crippen molar-refractivity contribution in [1.29, 1.82) is 0 Å². The third-order valence-corrected chi connectivity index (χ3v) is 7.95. The first-order valence-electron chi connectivity index (χ1n) is 14.1. The van der Waals surface area contributed by atoms with Crippen LogP contribution in [0.1, 0.15) is 90.5 Å². The molecule has 2 atom stereocenters. The number of benzene rings is 2. The summed E-state index contributed by atoms with van der Waals surface area (Å²) in [4.78, 5) is 0. The van der Waals surface area contributed by atoms with Crippen molar-refractivity contribution in [3.63, 3.8) is 0 Å². The lowest BCUT2D eigenvalue weighted by Gasteiger charge is -2.32. The van der Waals surface area contributed by atoms with Crippen molar-refractivity contribution < 1.29 is 18.9 Å². The van der Waals surface area contributed by atoms with Gasteiger partial charge in [0.05, 0.1) is 13.2 Å². The molecule has 4 heteroatoms. The van der Waals surface area contributed by atoms with E-state index < -0.39 is 0 Å². The van der Waals surface area contributed by atoms with Gasteiger partial charge in [-0.1, -0.05) is 80.0 Å². The van der Waals surface area contributed by atoms with Crippen LogP contribution in [-0.4, -0.2) is 38.6 Å². The minimum atomic E-state index is -0.161. The van der Waals surface area contributed by atoms with Gasteiger partial charge in [0.15, 0.2) is 0 Å². The van der Waals surface area contributed by atoms with Gasteiger partial charge >= 0.3 is 0 Å². The highest BCUT2D eigenvalue weighted by molar-refractivity contribution is 5.49. The zero-order valence-electron chi connectivity index (χ0n) is 24.4. The number of hydrogen-bond acceptors (Lipinski definition) is 4. The van der Waals surface area contributed by atoms with Crippen LogP contribution in [0, 0.1) is 10.8 Å². The lowest BCUT2D eigenvalue weighted by molar-refractivity contribution is 0.259. The van der Waals surface area contributed by atoms with E-state index in [1.165, 1.54) is 28.7 Å². The molecule has 2 fully saturated rings. The Labute approximate surface area is 225 Å².